The van der Waals surface area contributed by atoms with Crippen LogP contribution >= 0.6 is 35.3 Å². The van der Waals surface area contributed by atoms with Crippen LogP contribution in [0.3, 0.4) is 0 Å². The van der Waals surface area contributed by atoms with Crippen molar-refractivity contribution >= 4 is 56.8 Å². The highest BCUT2D eigenvalue weighted by atomic mass is 32.2. The summed E-state index contributed by atoms with van der Waals surface area (Å²) in [6.07, 6.45) is -0.685. The molecule has 2 N–H and O–H groups in total. The van der Waals surface area contributed by atoms with E-state index in [9.17, 15) is 9.59 Å². The van der Waals surface area contributed by atoms with Gasteiger partial charge in [-0.15, -0.1) is 0 Å². The molecule has 120 valence electrons. The second-order valence-corrected chi connectivity index (χ2v) is 6.50. The largest absolute Gasteiger partial charge is 0.450 e. The number of ether oxygens (including phenoxy) is 1. The van der Waals surface area contributed by atoms with E-state index in [0.717, 1.165) is 11.3 Å². The van der Waals surface area contributed by atoms with E-state index in [1.54, 1.807) is 30.4 Å². The fourth-order valence-electron chi connectivity index (χ4n) is 1.57. The summed E-state index contributed by atoms with van der Waals surface area (Å²) in [5.74, 6) is 0.408. The number of thiocarbonyl (C=S) groups is 1. The average molecular weight is 367 g/mol. The summed E-state index contributed by atoms with van der Waals surface area (Å²) in [7, 11) is 0. The highest BCUT2D eigenvalue weighted by Crippen LogP contribution is 2.21. The topological polar surface area (TPSA) is 80.3 Å². The number of anilines is 1. The van der Waals surface area contributed by atoms with Gasteiger partial charge in [-0.05, 0) is 30.5 Å². The molecule has 6 nitrogen and oxygen atoms in total. The highest BCUT2D eigenvalue weighted by Gasteiger charge is 2.12. The number of carbonyl (C=O) groups is 2. The van der Waals surface area contributed by atoms with E-state index in [1.165, 1.54) is 0 Å². The number of nitrogens with one attached hydrogen (secondary N) is 2. The first-order valence-corrected chi connectivity index (χ1v) is 8.71. The van der Waals surface area contributed by atoms with E-state index >= 15 is 0 Å². The van der Waals surface area contributed by atoms with Gasteiger partial charge in [0.05, 0.1) is 12.3 Å². The van der Waals surface area contributed by atoms with Crippen molar-refractivity contribution in [2.45, 2.75) is 6.92 Å². The van der Waals surface area contributed by atoms with Crippen LogP contribution in [0.1, 0.15) is 6.92 Å². The number of carbonyl (C=O) groups excluding carboxylic acids is 2. The number of rotatable bonds is 3. The number of hydrogen-bond acceptors (Lipinski definition) is 7. The third-order valence-corrected chi connectivity index (χ3v) is 4.07. The Kier molecular flexibility index (Phi) is 6.51. The number of thioether (sulfide) groups is 1. The number of hydrogen-bond donors (Lipinski definition) is 2. The van der Waals surface area contributed by atoms with Crippen molar-refractivity contribution in [2.75, 3.05) is 11.9 Å². The fraction of sp³-hybridized carbons (Fsp3) is 0.143. The van der Waals surface area contributed by atoms with Gasteiger partial charge in [0, 0.05) is 22.7 Å². The van der Waals surface area contributed by atoms with Crippen LogP contribution < -0.4 is 10.6 Å². The molecule has 2 amide bonds. The van der Waals surface area contributed by atoms with Gasteiger partial charge >= 0.3 is 6.09 Å². The molecule has 0 bridgehead atoms. The molecule has 0 radical (unpaired) electrons. The van der Waals surface area contributed by atoms with E-state index in [1.807, 2.05) is 22.9 Å². The Labute approximate surface area is 146 Å². The molecule has 0 saturated carbocycles. The molecule has 23 heavy (non-hydrogen) atoms. The van der Waals surface area contributed by atoms with Crippen LogP contribution in [-0.4, -0.2) is 27.2 Å². The van der Waals surface area contributed by atoms with Gasteiger partial charge in [0.25, 0.3) is 5.24 Å². The lowest BCUT2D eigenvalue weighted by atomic mass is 10.2. The first-order chi connectivity index (χ1) is 11.1. The van der Waals surface area contributed by atoms with Crippen molar-refractivity contribution in [2.24, 2.45) is 0 Å². The van der Waals surface area contributed by atoms with Crippen LogP contribution in [0.15, 0.2) is 35.0 Å². The minimum absolute atomic E-state index is 0.00920. The maximum absolute atomic E-state index is 11.9. The first-order valence-electron chi connectivity index (χ1n) is 6.54. The molecule has 0 aliphatic heterocycles. The average Bonchev–Trinajstić information content (AvgIpc) is 3.01. The summed E-state index contributed by atoms with van der Waals surface area (Å²) < 4.78 is 4.68. The molecule has 2 aromatic rings. The predicted octanol–water partition coefficient (Wildman–Crippen LogP) is 4.11. The zero-order valence-corrected chi connectivity index (χ0v) is 14.5. The molecule has 0 aliphatic rings. The number of aromatic nitrogens is 1. The van der Waals surface area contributed by atoms with Crippen molar-refractivity contribution < 1.29 is 14.3 Å². The molecule has 0 saturated heterocycles. The van der Waals surface area contributed by atoms with Crippen LogP contribution in [-0.2, 0) is 4.74 Å². The Morgan fingerprint density at radius 3 is 2.91 bits per heavy atom. The molecule has 2 rings (SSSR count). The van der Waals surface area contributed by atoms with Crippen LogP contribution in [0.5, 0.6) is 0 Å². The molecule has 0 aromatic carbocycles. The maximum Gasteiger partial charge on any atom is 0.412 e. The number of pyridine rings is 1. The summed E-state index contributed by atoms with van der Waals surface area (Å²) in [6, 6.07) is 7.29. The second-order valence-electron chi connectivity index (χ2n) is 4.07. The summed E-state index contributed by atoms with van der Waals surface area (Å²) in [5.41, 5.74) is 1.75. The molecule has 0 fully saturated rings. The number of alkyl carbamates (subject to hydrolysis) is 1. The summed E-state index contributed by atoms with van der Waals surface area (Å²) >= 11 is 7.15. The first kappa shape index (κ1) is 17.4. The van der Waals surface area contributed by atoms with E-state index in [-0.39, 0.29) is 10.9 Å². The van der Waals surface area contributed by atoms with Gasteiger partial charge in [-0.25, -0.2) is 9.78 Å². The minimum Gasteiger partial charge on any atom is -0.450 e. The maximum atomic E-state index is 11.9. The van der Waals surface area contributed by atoms with Crippen LogP contribution in [0.4, 0.5) is 15.4 Å². The lowest BCUT2D eigenvalue weighted by Gasteiger charge is -2.07. The van der Waals surface area contributed by atoms with Gasteiger partial charge in [-0.1, -0.05) is 18.3 Å². The third-order valence-electron chi connectivity index (χ3n) is 2.46. The van der Waals surface area contributed by atoms with Crippen LogP contribution in [0.25, 0.3) is 11.3 Å². The van der Waals surface area contributed by atoms with E-state index in [2.05, 4.69) is 20.4 Å². The summed E-state index contributed by atoms with van der Waals surface area (Å²) in [6.45, 7) is 1.90. The zero-order valence-electron chi connectivity index (χ0n) is 12.1. The second kappa shape index (κ2) is 8.61. The molecule has 2 aromatic heterocycles. The monoisotopic (exact) mass is 367 g/mol. The van der Waals surface area contributed by atoms with Gasteiger partial charge < -0.3 is 10.1 Å². The van der Waals surface area contributed by atoms with Crippen LogP contribution in [0, 0.1) is 0 Å². The van der Waals surface area contributed by atoms with Crippen molar-refractivity contribution in [3.8, 4) is 11.3 Å². The summed E-state index contributed by atoms with van der Waals surface area (Å²) in [5, 5.41) is 8.39. The minimum atomic E-state index is -0.685. The number of thiophene rings is 1. The van der Waals surface area contributed by atoms with Crippen molar-refractivity contribution in [3.05, 3.63) is 35.0 Å². The van der Waals surface area contributed by atoms with Gasteiger partial charge in [-0.2, -0.15) is 11.3 Å². The lowest BCUT2D eigenvalue weighted by Crippen LogP contribution is -2.29. The Morgan fingerprint density at radius 2 is 2.22 bits per heavy atom. The molecule has 0 atom stereocenters. The van der Waals surface area contributed by atoms with Crippen molar-refractivity contribution in [1.82, 2.24) is 10.3 Å². The Bertz CT molecular complexity index is 704. The number of amides is 2. The van der Waals surface area contributed by atoms with Crippen LogP contribution in [0.2, 0.25) is 0 Å². The molecule has 0 spiro atoms. The van der Waals surface area contributed by atoms with Crippen molar-refractivity contribution in [1.29, 1.82) is 0 Å². The van der Waals surface area contributed by atoms with E-state index in [0.29, 0.717) is 17.6 Å². The van der Waals surface area contributed by atoms with Gasteiger partial charge in [0.2, 0.25) is 0 Å². The van der Waals surface area contributed by atoms with E-state index in [4.69, 9.17) is 12.2 Å². The third kappa shape index (κ3) is 5.62. The predicted molar refractivity (Wildman–Crippen MR) is 96.9 cm³/mol. The lowest BCUT2D eigenvalue weighted by molar-refractivity contribution is 0.158. The fourth-order valence-corrected chi connectivity index (χ4v) is 2.98. The van der Waals surface area contributed by atoms with Crippen molar-refractivity contribution in [3.63, 3.8) is 0 Å². The quantitative estimate of drug-likeness (QED) is 0.795. The Balaban J connectivity index is 1.92. The number of nitrogens with zero attached hydrogens (tertiary/aromatic N) is 1. The zero-order chi connectivity index (χ0) is 16.7. The molecule has 9 heteroatoms. The smallest absolute Gasteiger partial charge is 0.412 e. The molecule has 2 heterocycles. The van der Waals surface area contributed by atoms with E-state index < -0.39 is 11.3 Å². The van der Waals surface area contributed by atoms with Gasteiger partial charge in [0.15, 0.2) is 4.32 Å². The molecule has 0 unspecified atom stereocenters. The standard InChI is InChI=1S/C14H13N3O3S3/c1-2-20-12(18)17-14(21)23-13(19)16-11-5-3-4-10(15-11)9-6-7-22-8-9/h3-8H,2H2,1H3,(H,15,16,19)(H,17,18,21). The molecular weight excluding hydrogens is 354 g/mol. The highest BCUT2D eigenvalue weighted by molar-refractivity contribution is 8.33. The SMILES string of the molecule is CCOC(=O)NC(=S)SC(=O)Nc1cccc(-c2ccsc2)n1. The Morgan fingerprint density at radius 1 is 1.39 bits per heavy atom. The molecular formula is C14H13N3O3S3. The van der Waals surface area contributed by atoms with Gasteiger partial charge in [-0.3, -0.25) is 10.1 Å². The Hall–Kier alpha value is -1.97. The summed E-state index contributed by atoms with van der Waals surface area (Å²) in [4.78, 5) is 27.4. The molecule has 0 aliphatic carbocycles. The normalized spacial score (nSPS) is 9.96. The van der Waals surface area contributed by atoms with Gasteiger partial charge in [0.1, 0.15) is 5.82 Å².